The first-order valence-electron chi connectivity index (χ1n) is 9.72. The molecule has 0 aromatic heterocycles. The van der Waals surface area contributed by atoms with Gasteiger partial charge in [0.1, 0.15) is 6.10 Å². The second-order valence-electron chi connectivity index (χ2n) is 7.03. The number of rotatable bonds is 5. The Morgan fingerprint density at radius 3 is 2.61 bits per heavy atom. The number of ether oxygens (including phenoxy) is 2. The molecule has 1 saturated heterocycles. The van der Waals surface area contributed by atoms with Crippen molar-refractivity contribution in [2.24, 2.45) is 4.99 Å². The van der Waals surface area contributed by atoms with Crippen LogP contribution in [0.15, 0.2) is 53.5 Å². The van der Waals surface area contributed by atoms with Gasteiger partial charge in [0.05, 0.1) is 25.3 Å². The van der Waals surface area contributed by atoms with Crippen molar-refractivity contribution in [3.63, 3.8) is 0 Å². The molecule has 3 rings (SSSR count). The van der Waals surface area contributed by atoms with Crippen molar-refractivity contribution in [3.8, 4) is 0 Å². The maximum absolute atomic E-state index is 13.1. The zero-order valence-corrected chi connectivity index (χ0v) is 19.8. The van der Waals surface area contributed by atoms with Crippen LogP contribution < -0.4 is 5.32 Å². The summed E-state index contributed by atoms with van der Waals surface area (Å²) in [4.78, 5) is 6.36. The van der Waals surface area contributed by atoms with E-state index in [0.717, 1.165) is 23.3 Å². The molecule has 31 heavy (non-hydrogen) atoms. The molecule has 9 heteroatoms. The number of benzene rings is 2. The van der Waals surface area contributed by atoms with E-state index >= 15 is 0 Å². The topological polar surface area (TPSA) is 46.1 Å². The highest BCUT2D eigenvalue weighted by Gasteiger charge is 2.32. The molecule has 5 nitrogen and oxygen atoms in total. The molecule has 1 aliphatic rings. The maximum atomic E-state index is 13.1. The first-order chi connectivity index (χ1) is 14.4. The lowest BCUT2D eigenvalue weighted by Crippen LogP contribution is -2.48. The second kappa shape index (κ2) is 11.7. The van der Waals surface area contributed by atoms with Crippen LogP contribution in [0.5, 0.6) is 0 Å². The van der Waals surface area contributed by atoms with Crippen LogP contribution in [0.2, 0.25) is 0 Å². The molecule has 1 fully saturated rings. The fraction of sp³-hybridized carbons (Fsp3) is 0.409. The minimum atomic E-state index is -4.38. The fourth-order valence-corrected chi connectivity index (χ4v) is 3.49. The van der Waals surface area contributed by atoms with Crippen molar-refractivity contribution in [2.75, 3.05) is 33.9 Å². The molecule has 0 amide bonds. The van der Waals surface area contributed by atoms with E-state index in [1.165, 1.54) is 6.07 Å². The normalized spacial score (nSPS) is 17.3. The quantitative estimate of drug-likeness (QED) is 0.336. The summed E-state index contributed by atoms with van der Waals surface area (Å²) >= 11 is 0. The largest absolute Gasteiger partial charge is 0.416 e. The summed E-state index contributed by atoms with van der Waals surface area (Å²) in [5, 5.41) is 3.35. The summed E-state index contributed by atoms with van der Waals surface area (Å²) in [6, 6.07) is 13.3. The molecule has 0 bridgehead atoms. The molecule has 1 heterocycles. The molecule has 2 aromatic rings. The van der Waals surface area contributed by atoms with Gasteiger partial charge in [-0.3, -0.25) is 4.99 Å². The van der Waals surface area contributed by atoms with Gasteiger partial charge in [-0.1, -0.05) is 36.4 Å². The smallest absolute Gasteiger partial charge is 0.380 e. The standard InChI is InChI=1S/C22H26F3N3O2.HI/c1-26-21(27-13-17-6-3-4-7-18(17)15-29-2)28-10-11-30-20(14-28)16-8-5-9-19(12-16)22(23,24)25;/h3-9,12,20H,10-11,13-15H2,1-2H3,(H,26,27);1H. The van der Waals surface area contributed by atoms with E-state index in [4.69, 9.17) is 9.47 Å². The number of methoxy groups -OCH3 is 1. The molecule has 0 radical (unpaired) electrons. The number of guanidine groups is 1. The lowest BCUT2D eigenvalue weighted by molar-refractivity contribution is -0.137. The van der Waals surface area contributed by atoms with Gasteiger partial charge in [-0.05, 0) is 28.8 Å². The van der Waals surface area contributed by atoms with Crippen molar-refractivity contribution < 1.29 is 22.6 Å². The lowest BCUT2D eigenvalue weighted by atomic mass is 10.0. The molecule has 1 N–H and O–H groups in total. The van der Waals surface area contributed by atoms with Gasteiger partial charge >= 0.3 is 6.18 Å². The van der Waals surface area contributed by atoms with E-state index in [2.05, 4.69) is 10.3 Å². The number of aliphatic imine (C=N–C) groups is 1. The SMILES string of the molecule is CN=C(NCc1ccccc1COC)N1CCOC(c2cccc(C(F)(F)F)c2)C1.I. The molecule has 2 aromatic carbocycles. The highest BCUT2D eigenvalue weighted by molar-refractivity contribution is 14.0. The molecule has 0 saturated carbocycles. The third-order valence-electron chi connectivity index (χ3n) is 5.02. The number of halogens is 4. The van der Waals surface area contributed by atoms with Crippen molar-refractivity contribution >= 4 is 29.9 Å². The average Bonchev–Trinajstić information content (AvgIpc) is 2.75. The minimum absolute atomic E-state index is 0. The van der Waals surface area contributed by atoms with E-state index in [9.17, 15) is 13.2 Å². The number of hydrogen-bond donors (Lipinski definition) is 1. The number of alkyl halides is 3. The predicted molar refractivity (Wildman–Crippen MR) is 124 cm³/mol. The highest BCUT2D eigenvalue weighted by Crippen LogP contribution is 2.32. The molecule has 0 spiro atoms. The number of nitrogens with one attached hydrogen (secondary N) is 1. The van der Waals surface area contributed by atoms with Crippen LogP contribution >= 0.6 is 24.0 Å². The third-order valence-corrected chi connectivity index (χ3v) is 5.02. The summed E-state index contributed by atoms with van der Waals surface area (Å²) in [7, 11) is 3.35. The van der Waals surface area contributed by atoms with Crippen LogP contribution in [0.3, 0.4) is 0 Å². The van der Waals surface area contributed by atoms with Crippen molar-refractivity contribution in [1.82, 2.24) is 10.2 Å². The number of morpholine rings is 1. The zero-order chi connectivity index (χ0) is 21.6. The van der Waals surface area contributed by atoms with Crippen LogP contribution in [-0.4, -0.2) is 44.7 Å². The molecule has 1 aliphatic heterocycles. The Kier molecular flexibility index (Phi) is 9.57. The monoisotopic (exact) mass is 549 g/mol. The van der Waals surface area contributed by atoms with Gasteiger partial charge in [-0.15, -0.1) is 24.0 Å². The van der Waals surface area contributed by atoms with E-state index in [0.29, 0.717) is 44.4 Å². The van der Waals surface area contributed by atoms with Crippen LogP contribution in [0.25, 0.3) is 0 Å². The van der Waals surface area contributed by atoms with Gasteiger partial charge in [-0.2, -0.15) is 13.2 Å². The van der Waals surface area contributed by atoms with Gasteiger partial charge in [0.15, 0.2) is 5.96 Å². The van der Waals surface area contributed by atoms with E-state index in [1.807, 2.05) is 29.2 Å². The van der Waals surface area contributed by atoms with Gasteiger partial charge in [0, 0.05) is 27.2 Å². The van der Waals surface area contributed by atoms with Gasteiger partial charge < -0.3 is 19.7 Å². The van der Waals surface area contributed by atoms with Crippen molar-refractivity contribution in [2.45, 2.75) is 25.4 Å². The number of nitrogens with zero attached hydrogens (tertiary/aromatic N) is 2. The maximum Gasteiger partial charge on any atom is 0.416 e. The Morgan fingerprint density at radius 1 is 1.19 bits per heavy atom. The van der Waals surface area contributed by atoms with Crippen molar-refractivity contribution in [3.05, 3.63) is 70.8 Å². The highest BCUT2D eigenvalue weighted by atomic mass is 127. The Balaban J connectivity index is 0.00000341. The first kappa shape index (κ1) is 25.4. The van der Waals surface area contributed by atoms with E-state index < -0.39 is 17.8 Å². The third kappa shape index (κ3) is 6.81. The van der Waals surface area contributed by atoms with Gasteiger partial charge in [-0.25, -0.2) is 0 Å². The molecular formula is C22H27F3IN3O2. The Hall–Kier alpha value is -1.85. The summed E-state index contributed by atoms with van der Waals surface area (Å²) in [6.07, 6.45) is -4.84. The fourth-order valence-electron chi connectivity index (χ4n) is 3.49. The van der Waals surface area contributed by atoms with Crippen LogP contribution in [-0.2, 0) is 28.8 Å². The van der Waals surface area contributed by atoms with Crippen LogP contribution in [0.1, 0.15) is 28.4 Å². The van der Waals surface area contributed by atoms with E-state index in [-0.39, 0.29) is 24.0 Å². The van der Waals surface area contributed by atoms with Gasteiger partial charge in [0.25, 0.3) is 0 Å². The Bertz CT molecular complexity index is 877. The van der Waals surface area contributed by atoms with Crippen molar-refractivity contribution in [1.29, 1.82) is 0 Å². The molecule has 0 aliphatic carbocycles. The van der Waals surface area contributed by atoms with Crippen LogP contribution in [0.4, 0.5) is 13.2 Å². The predicted octanol–water partition coefficient (Wildman–Crippen LogP) is 4.62. The Morgan fingerprint density at radius 2 is 1.94 bits per heavy atom. The summed E-state index contributed by atoms with van der Waals surface area (Å²) in [6.45, 7) is 2.51. The average molecular weight is 549 g/mol. The summed E-state index contributed by atoms with van der Waals surface area (Å²) in [5.41, 5.74) is 2.03. The molecule has 1 unspecified atom stereocenters. The van der Waals surface area contributed by atoms with E-state index in [1.54, 1.807) is 20.2 Å². The molecule has 1 atom stereocenters. The first-order valence-corrected chi connectivity index (χ1v) is 9.72. The second-order valence-corrected chi connectivity index (χ2v) is 7.03. The minimum Gasteiger partial charge on any atom is -0.380 e. The number of hydrogen-bond acceptors (Lipinski definition) is 3. The summed E-state index contributed by atoms with van der Waals surface area (Å²) in [5.74, 6) is 0.683. The molecular weight excluding hydrogens is 522 g/mol. The van der Waals surface area contributed by atoms with Gasteiger partial charge in [0.2, 0.25) is 0 Å². The Labute approximate surface area is 197 Å². The van der Waals surface area contributed by atoms with Crippen LogP contribution in [0, 0.1) is 0 Å². The molecule has 170 valence electrons. The summed E-state index contributed by atoms with van der Waals surface area (Å²) < 4.78 is 50.2. The zero-order valence-electron chi connectivity index (χ0n) is 17.5. The lowest BCUT2D eigenvalue weighted by Gasteiger charge is -2.35.